The van der Waals surface area contributed by atoms with Crippen molar-refractivity contribution in [3.8, 4) is 0 Å². The zero-order valence-electron chi connectivity index (χ0n) is 9.58. The van der Waals surface area contributed by atoms with Crippen LogP contribution in [0.2, 0.25) is 0 Å². The second-order valence-electron chi connectivity index (χ2n) is 4.40. The van der Waals surface area contributed by atoms with Gasteiger partial charge in [-0.25, -0.2) is 4.99 Å². The summed E-state index contributed by atoms with van der Waals surface area (Å²) in [6.07, 6.45) is 14.3. The standard InChI is InChI=1S/C12H23N2/c1-3-4-5-6-7-8-10-14(2)11-9-13-12-14/h9,11-12H,3-8,10H2,1-2H3/q+1. The molecule has 0 spiro atoms. The van der Waals surface area contributed by atoms with Crippen LogP contribution in [0, 0.1) is 0 Å². The van der Waals surface area contributed by atoms with E-state index < -0.39 is 0 Å². The van der Waals surface area contributed by atoms with E-state index in [4.69, 9.17) is 0 Å². The van der Waals surface area contributed by atoms with Gasteiger partial charge in [-0.05, 0) is 12.8 Å². The summed E-state index contributed by atoms with van der Waals surface area (Å²) in [4.78, 5) is 4.13. The van der Waals surface area contributed by atoms with Crippen molar-refractivity contribution in [2.24, 2.45) is 4.99 Å². The summed E-state index contributed by atoms with van der Waals surface area (Å²) in [5.74, 6) is 0. The third kappa shape index (κ3) is 4.05. The second-order valence-corrected chi connectivity index (χ2v) is 4.40. The molecule has 0 aliphatic carbocycles. The minimum absolute atomic E-state index is 0.897. The highest BCUT2D eigenvalue weighted by Gasteiger charge is 2.17. The molecule has 0 aromatic heterocycles. The molecular formula is C12H23N2+. The van der Waals surface area contributed by atoms with Gasteiger partial charge in [-0.15, -0.1) is 0 Å². The zero-order chi connectivity index (χ0) is 10.3. The summed E-state index contributed by atoms with van der Waals surface area (Å²) in [7, 11) is 2.21. The molecule has 1 rings (SSSR count). The van der Waals surface area contributed by atoms with Crippen LogP contribution in [0.15, 0.2) is 17.4 Å². The Balaban J connectivity index is 1.99. The van der Waals surface area contributed by atoms with Crippen LogP contribution < -0.4 is 0 Å². The van der Waals surface area contributed by atoms with E-state index in [2.05, 4.69) is 25.2 Å². The van der Waals surface area contributed by atoms with Gasteiger partial charge in [0.05, 0.1) is 19.8 Å². The molecule has 0 saturated carbocycles. The summed E-state index contributed by atoms with van der Waals surface area (Å²) in [5.41, 5.74) is 0. The first-order valence-electron chi connectivity index (χ1n) is 5.84. The maximum absolute atomic E-state index is 4.13. The Morgan fingerprint density at radius 1 is 1.07 bits per heavy atom. The number of quaternary nitrogens is 1. The molecular weight excluding hydrogens is 172 g/mol. The molecule has 2 heteroatoms. The highest BCUT2D eigenvalue weighted by molar-refractivity contribution is 5.50. The van der Waals surface area contributed by atoms with Crippen LogP contribution in [0.5, 0.6) is 0 Å². The van der Waals surface area contributed by atoms with Crippen LogP contribution in [0.4, 0.5) is 0 Å². The van der Waals surface area contributed by atoms with Crippen LogP contribution in [-0.2, 0) is 0 Å². The first kappa shape index (κ1) is 11.4. The van der Waals surface area contributed by atoms with E-state index >= 15 is 0 Å². The topological polar surface area (TPSA) is 12.4 Å². The van der Waals surface area contributed by atoms with Gasteiger partial charge >= 0.3 is 0 Å². The largest absolute Gasteiger partial charge is 0.256 e. The number of aliphatic imine (C=N–C) groups is 1. The maximum atomic E-state index is 4.13. The zero-order valence-corrected chi connectivity index (χ0v) is 9.58. The lowest BCUT2D eigenvalue weighted by atomic mass is 10.1. The second kappa shape index (κ2) is 5.97. The molecule has 0 aromatic carbocycles. The Labute approximate surface area is 87.9 Å². The summed E-state index contributed by atoms with van der Waals surface area (Å²) >= 11 is 0. The highest BCUT2D eigenvalue weighted by atomic mass is 15.3. The lowest BCUT2D eigenvalue weighted by molar-refractivity contribution is -0.756. The van der Waals surface area contributed by atoms with Gasteiger partial charge in [0, 0.05) is 0 Å². The van der Waals surface area contributed by atoms with Gasteiger partial charge in [-0.2, -0.15) is 0 Å². The van der Waals surface area contributed by atoms with Gasteiger partial charge in [0.25, 0.3) is 0 Å². The Morgan fingerprint density at radius 3 is 2.43 bits per heavy atom. The number of unbranched alkanes of at least 4 members (excludes halogenated alkanes) is 5. The van der Waals surface area contributed by atoms with Crippen molar-refractivity contribution in [2.45, 2.75) is 45.4 Å². The van der Waals surface area contributed by atoms with Gasteiger partial charge in [0.2, 0.25) is 0 Å². The minimum atomic E-state index is 0.897. The molecule has 0 aromatic rings. The van der Waals surface area contributed by atoms with Crippen LogP contribution >= 0.6 is 0 Å². The Morgan fingerprint density at radius 2 is 1.79 bits per heavy atom. The fourth-order valence-electron chi connectivity index (χ4n) is 1.79. The minimum Gasteiger partial charge on any atom is -0.256 e. The molecule has 0 saturated heterocycles. The summed E-state index contributed by atoms with van der Waals surface area (Å²) in [6.45, 7) is 3.46. The number of hydrogen-bond donors (Lipinski definition) is 0. The Bertz CT molecular complexity index is 194. The number of hydrogen-bond acceptors (Lipinski definition) is 1. The van der Waals surface area contributed by atoms with Crippen molar-refractivity contribution in [3.05, 3.63) is 12.4 Å². The van der Waals surface area contributed by atoms with Gasteiger partial charge in [-0.3, -0.25) is 4.48 Å². The normalized spacial score (nSPS) is 24.7. The quantitative estimate of drug-likeness (QED) is 0.436. The molecule has 0 N–H and O–H groups in total. The lowest BCUT2D eigenvalue weighted by Crippen LogP contribution is -2.35. The smallest absolute Gasteiger partial charge is 0.194 e. The van der Waals surface area contributed by atoms with Crippen molar-refractivity contribution in [2.75, 3.05) is 13.6 Å². The Kier molecular flexibility index (Phi) is 4.88. The molecule has 1 aliphatic heterocycles. The lowest BCUT2D eigenvalue weighted by Gasteiger charge is -2.21. The van der Waals surface area contributed by atoms with E-state index in [9.17, 15) is 0 Å². The van der Waals surface area contributed by atoms with Crippen LogP contribution in [-0.4, -0.2) is 24.4 Å². The van der Waals surface area contributed by atoms with Gasteiger partial charge in [0.1, 0.15) is 6.20 Å². The van der Waals surface area contributed by atoms with Crippen LogP contribution in [0.3, 0.4) is 0 Å². The average molecular weight is 195 g/mol. The SMILES string of the molecule is CCCCCCCC[N+]1(C)C=CN=C1. The van der Waals surface area contributed by atoms with Gasteiger partial charge in [-0.1, -0.05) is 32.6 Å². The molecule has 80 valence electrons. The fourth-order valence-corrected chi connectivity index (χ4v) is 1.79. The van der Waals surface area contributed by atoms with Crippen molar-refractivity contribution in [3.63, 3.8) is 0 Å². The van der Waals surface area contributed by atoms with Crippen molar-refractivity contribution >= 4 is 6.34 Å². The molecule has 0 fully saturated rings. The van der Waals surface area contributed by atoms with E-state index in [1.807, 2.05) is 12.5 Å². The molecule has 0 amide bonds. The molecule has 1 atom stereocenters. The van der Waals surface area contributed by atoms with Gasteiger partial charge < -0.3 is 0 Å². The van der Waals surface area contributed by atoms with E-state index in [1.54, 1.807) is 0 Å². The summed E-state index contributed by atoms with van der Waals surface area (Å²) in [5, 5.41) is 0. The molecule has 14 heavy (non-hydrogen) atoms. The monoisotopic (exact) mass is 195 g/mol. The molecule has 1 heterocycles. The van der Waals surface area contributed by atoms with E-state index in [1.165, 1.54) is 45.1 Å². The van der Waals surface area contributed by atoms with E-state index in [0.717, 1.165) is 4.48 Å². The summed E-state index contributed by atoms with van der Waals surface area (Å²) < 4.78 is 0.897. The van der Waals surface area contributed by atoms with Crippen LogP contribution in [0.25, 0.3) is 0 Å². The molecule has 1 aliphatic rings. The molecule has 0 radical (unpaired) electrons. The molecule has 0 bridgehead atoms. The average Bonchev–Trinajstić information content (AvgIpc) is 2.59. The maximum Gasteiger partial charge on any atom is 0.194 e. The first-order valence-corrected chi connectivity index (χ1v) is 5.84. The summed E-state index contributed by atoms with van der Waals surface area (Å²) in [6, 6.07) is 0. The highest BCUT2D eigenvalue weighted by Crippen LogP contribution is 2.11. The van der Waals surface area contributed by atoms with Crippen molar-refractivity contribution in [1.29, 1.82) is 0 Å². The fraction of sp³-hybridized carbons (Fsp3) is 0.750. The van der Waals surface area contributed by atoms with E-state index in [0.29, 0.717) is 0 Å². The van der Waals surface area contributed by atoms with Crippen molar-refractivity contribution < 1.29 is 4.48 Å². The first-order chi connectivity index (χ1) is 6.77. The van der Waals surface area contributed by atoms with Crippen molar-refractivity contribution in [1.82, 2.24) is 0 Å². The van der Waals surface area contributed by atoms with Gasteiger partial charge in [0.15, 0.2) is 6.34 Å². The third-order valence-electron chi connectivity index (χ3n) is 2.82. The number of nitrogens with zero attached hydrogens (tertiary/aromatic N) is 2. The Hall–Kier alpha value is -0.630. The number of rotatable bonds is 7. The molecule has 1 unspecified atom stereocenters. The van der Waals surface area contributed by atoms with Crippen LogP contribution in [0.1, 0.15) is 45.4 Å². The van der Waals surface area contributed by atoms with E-state index in [-0.39, 0.29) is 0 Å². The molecule has 2 nitrogen and oxygen atoms in total. The predicted molar refractivity (Wildman–Crippen MR) is 62.1 cm³/mol. The predicted octanol–water partition coefficient (Wildman–Crippen LogP) is 3.31. The third-order valence-corrected chi connectivity index (χ3v) is 2.82.